The lowest BCUT2D eigenvalue weighted by molar-refractivity contribution is 0.891. The highest BCUT2D eigenvalue weighted by atomic mass is 79.9. The van der Waals surface area contributed by atoms with Crippen LogP contribution >= 0.6 is 15.9 Å². The summed E-state index contributed by atoms with van der Waals surface area (Å²) in [6, 6.07) is 0. The van der Waals surface area contributed by atoms with Gasteiger partial charge in [-0.2, -0.15) is 0 Å². The quantitative estimate of drug-likeness (QED) is 0.205. The zero-order chi connectivity index (χ0) is 19.8. The summed E-state index contributed by atoms with van der Waals surface area (Å²) in [4.78, 5) is 0. The smallest absolute Gasteiger partial charge is 0.0214 e. The Bertz CT molecular complexity index is 522. The van der Waals surface area contributed by atoms with Gasteiger partial charge in [0.25, 0.3) is 0 Å². The second-order valence-electron chi connectivity index (χ2n) is 7.79. The van der Waals surface area contributed by atoms with Gasteiger partial charge in [0, 0.05) is 5.33 Å². The molecule has 0 saturated carbocycles. The minimum Gasteiger partial charge on any atom is -0.0883 e. The summed E-state index contributed by atoms with van der Waals surface area (Å²) < 4.78 is 0. The van der Waals surface area contributed by atoms with Crippen molar-refractivity contribution in [2.75, 3.05) is 5.33 Å². The molecule has 0 aliphatic carbocycles. The molecular weight excluding hydrogens is 380 g/mol. The van der Waals surface area contributed by atoms with Crippen molar-refractivity contribution >= 4 is 15.9 Å². The van der Waals surface area contributed by atoms with Crippen molar-refractivity contribution in [1.82, 2.24) is 0 Å². The molecule has 0 radical (unpaired) electrons. The van der Waals surface area contributed by atoms with E-state index in [1.54, 1.807) is 0 Å². The van der Waals surface area contributed by atoms with Gasteiger partial charge in [0.1, 0.15) is 0 Å². The zero-order valence-corrected chi connectivity index (χ0v) is 19.7. The van der Waals surface area contributed by atoms with Crippen LogP contribution in [0.15, 0.2) is 58.2 Å². The summed E-state index contributed by atoms with van der Waals surface area (Å²) in [6.07, 6.45) is 21.3. The molecule has 0 aliphatic rings. The molecule has 0 nitrogen and oxygen atoms in total. The third kappa shape index (κ3) is 16.6. The second-order valence-corrected chi connectivity index (χ2v) is 8.44. The highest BCUT2D eigenvalue weighted by Gasteiger charge is 1.94. The number of hydrogen-bond acceptors (Lipinski definition) is 0. The lowest BCUT2D eigenvalue weighted by Crippen LogP contribution is -1.83. The largest absolute Gasteiger partial charge is 0.0883 e. The fourth-order valence-corrected chi connectivity index (χ4v) is 3.32. The molecule has 0 aliphatic heterocycles. The summed E-state index contributed by atoms with van der Waals surface area (Å²) in [6.45, 7) is 13.4. The minimum absolute atomic E-state index is 0.968. The summed E-state index contributed by atoms with van der Waals surface area (Å²) in [5.41, 5.74) is 7.48. The van der Waals surface area contributed by atoms with E-state index in [1.165, 1.54) is 79.2 Å². The van der Waals surface area contributed by atoms with E-state index < -0.39 is 0 Å². The van der Waals surface area contributed by atoms with Crippen LogP contribution in [0.3, 0.4) is 0 Å². The Morgan fingerprint density at radius 2 is 0.808 bits per heavy atom. The molecule has 0 atom stereocenters. The maximum Gasteiger partial charge on any atom is 0.0214 e. The van der Waals surface area contributed by atoms with Gasteiger partial charge < -0.3 is 0 Å². The van der Waals surface area contributed by atoms with E-state index in [1.807, 2.05) is 0 Å². The molecule has 0 spiro atoms. The molecule has 0 amide bonds. The number of allylic oxidation sites excluding steroid dienone is 10. The summed E-state index contributed by atoms with van der Waals surface area (Å²) in [5.74, 6) is 0. The van der Waals surface area contributed by atoms with Crippen molar-refractivity contribution in [2.24, 2.45) is 0 Å². The van der Waals surface area contributed by atoms with E-state index in [4.69, 9.17) is 0 Å². The monoisotopic (exact) mass is 420 g/mol. The van der Waals surface area contributed by atoms with Crippen LogP contribution in [0, 0.1) is 0 Å². The summed E-state index contributed by atoms with van der Waals surface area (Å²) in [5, 5.41) is 0.968. The Morgan fingerprint density at radius 1 is 0.500 bits per heavy atom. The number of hydrogen-bond donors (Lipinski definition) is 0. The third-order valence-electron chi connectivity index (χ3n) is 4.61. The van der Waals surface area contributed by atoms with E-state index in [9.17, 15) is 0 Å². The molecule has 0 unspecified atom stereocenters. The first kappa shape index (κ1) is 25.2. The molecule has 0 saturated heterocycles. The highest BCUT2D eigenvalue weighted by Crippen LogP contribution is 2.14. The maximum atomic E-state index is 3.46. The first-order valence-electron chi connectivity index (χ1n) is 10.2. The second kappa shape index (κ2) is 16.4. The van der Waals surface area contributed by atoms with Crippen LogP contribution in [0.1, 0.15) is 92.9 Å². The Labute approximate surface area is 172 Å². The van der Waals surface area contributed by atoms with E-state index >= 15 is 0 Å². The molecule has 0 bridgehead atoms. The Morgan fingerprint density at radius 3 is 1.12 bits per heavy atom. The van der Waals surface area contributed by atoms with Crippen molar-refractivity contribution in [3.05, 3.63) is 58.2 Å². The van der Waals surface area contributed by atoms with Crippen molar-refractivity contribution in [3.8, 4) is 0 Å². The van der Waals surface area contributed by atoms with Crippen molar-refractivity contribution in [3.63, 3.8) is 0 Å². The lowest BCUT2D eigenvalue weighted by atomic mass is 10.0. The van der Waals surface area contributed by atoms with E-state index in [0.29, 0.717) is 0 Å². The van der Waals surface area contributed by atoms with Crippen LogP contribution in [0.25, 0.3) is 0 Å². The van der Waals surface area contributed by atoms with Gasteiger partial charge in [0.2, 0.25) is 0 Å². The van der Waals surface area contributed by atoms with Crippen LogP contribution in [0.5, 0.6) is 0 Å². The van der Waals surface area contributed by atoms with Gasteiger partial charge in [-0.15, -0.1) is 0 Å². The standard InChI is InChI=1S/C25H41Br/c1-21(2)11-7-12-22(3)13-8-14-23(4)15-9-16-24(5)17-10-18-25(6)19-20-26/h11,13,15,17,19H,7-10,12,14,16,18,20H2,1-6H3/b22-13?,23-15?,24-17+,25-19+. The topological polar surface area (TPSA) is 0 Å². The fraction of sp³-hybridized carbons (Fsp3) is 0.600. The SMILES string of the molecule is CC(C)=CCCC(C)=CCCC(C)=CCC/C(C)=C/CC/C(C)=C/CBr. The highest BCUT2D eigenvalue weighted by molar-refractivity contribution is 9.09. The summed E-state index contributed by atoms with van der Waals surface area (Å²) in [7, 11) is 0. The fourth-order valence-electron chi connectivity index (χ4n) is 2.77. The zero-order valence-electron chi connectivity index (χ0n) is 18.1. The molecule has 0 aromatic carbocycles. The lowest BCUT2D eigenvalue weighted by Gasteiger charge is -2.03. The molecule has 0 fully saturated rings. The molecule has 0 aromatic heterocycles. The third-order valence-corrected chi connectivity index (χ3v) is 4.94. The molecule has 1 heteroatoms. The van der Waals surface area contributed by atoms with Gasteiger partial charge in [0.05, 0.1) is 0 Å². The Kier molecular flexibility index (Phi) is 15.8. The van der Waals surface area contributed by atoms with Crippen molar-refractivity contribution < 1.29 is 0 Å². The van der Waals surface area contributed by atoms with E-state index in [-0.39, 0.29) is 0 Å². The van der Waals surface area contributed by atoms with Gasteiger partial charge in [-0.05, 0) is 92.9 Å². The average Bonchev–Trinajstić information content (AvgIpc) is 2.54. The molecule has 148 valence electrons. The maximum absolute atomic E-state index is 3.46. The number of alkyl halides is 1. The first-order chi connectivity index (χ1) is 12.3. The number of halogens is 1. The normalized spacial score (nSPS) is 14.0. The van der Waals surface area contributed by atoms with E-state index in [0.717, 1.165) is 5.33 Å². The molecule has 0 aromatic rings. The Hall–Kier alpha value is -0.820. The van der Waals surface area contributed by atoms with Gasteiger partial charge >= 0.3 is 0 Å². The molecule has 0 rings (SSSR count). The van der Waals surface area contributed by atoms with Crippen LogP contribution in [-0.4, -0.2) is 5.33 Å². The molecule has 0 heterocycles. The minimum atomic E-state index is 0.968. The van der Waals surface area contributed by atoms with Crippen molar-refractivity contribution in [1.29, 1.82) is 0 Å². The van der Waals surface area contributed by atoms with Crippen molar-refractivity contribution in [2.45, 2.75) is 92.9 Å². The average molecular weight is 422 g/mol. The number of rotatable bonds is 13. The first-order valence-corrected chi connectivity index (χ1v) is 11.3. The van der Waals surface area contributed by atoms with Crippen LogP contribution < -0.4 is 0 Å². The summed E-state index contributed by atoms with van der Waals surface area (Å²) >= 11 is 3.46. The van der Waals surface area contributed by atoms with Crippen LogP contribution in [-0.2, 0) is 0 Å². The van der Waals surface area contributed by atoms with Gasteiger partial charge in [0.15, 0.2) is 0 Å². The molecule has 26 heavy (non-hydrogen) atoms. The van der Waals surface area contributed by atoms with Gasteiger partial charge in [-0.3, -0.25) is 0 Å². The predicted octanol–water partition coefficient (Wildman–Crippen LogP) is 9.25. The van der Waals surface area contributed by atoms with Gasteiger partial charge in [-0.1, -0.05) is 74.2 Å². The van der Waals surface area contributed by atoms with Crippen LogP contribution in [0.2, 0.25) is 0 Å². The van der Waals surface area contributed by atoms with Gasteiger partial charge in [-0.25, -0.2) is 0 Å². The van der Waals surface area contributed by atoms with E-state index in [2.05, 4.69) is 87.9 Å². The molecule has 0 N–H and O–H groups in total. The Balaban J connectivity index is 4.03. The van der Waals surface area contributed by atoms with Crippen LogP contribution in [0.4, 0.5) is 0 Å². The molecular formula is C25H41Br. The predicted molar refractivity (Wildman–Crippen MR) is 125 cm³/mol.